The number of likely N-dealkylation sites (N-methyl/N-ethyl adjacent to an activating group) is 1. The molecule has 0 spiro atoms. The van der Waals surface area contributed by atoms with E-state index < -0.39 is 0 Å². The van der Waals surface area contributed by atoms with E-state index in [1.807, 2.05) is 18.2 Å². The van der Waals surface area contributed by atoms with Crippen molar-refractivity contribution >= 4 is 5.91 Å². The normalized spacial score (nSPS) is 20.7. The Balaban J connectivity index is 2.05. The van der Waals surface area contributed by atoms with Crippen LogP contribution in [0.1, 0.15) is 44.6 Å². The molecule has 3 heteroatoms. The fraction of sp³-hybridized carbons (Fsp3) is 0.588. The molecule has 3 nitrogen and oxygen atoms in total. The highest BCUT2D eigenvalue weighted by atomic mass is 16.2. The smallest absolute Gasteiger partial charge is 0.230 e. The van der Waals surface area contributed by atoms with Crippen LogP contribution in [0.3, 0.4) is 0 Å². The van der Waals surface area contributed by atoms with Crippen molar-refractivity contribution < 1.29 is 4.79 Å². The van der Waals surface area contributed by atoms with Crippen LogP contribution < -0.4 is 5.32 Å². The molecule has 0 radical (unpaired) electrons. The number of amides is 1. The highest BCUT2D eigenvalue weighted by Gasteiger charge is 2.28. The van der Waals surface area contributed by atoms with Crippen LogP contribution in [-0.2, 0) is 4.79 Å². The highest BCUT2D eigenvalue weighted by molar-refractivity contribution is 5.83. The largest absolute Gasteiger partial charge is 0.341 e. The zero-order valence-corrected chi connectivity index (χ0v) is 12.6. The molecule has 0 aromatic heterocycles. The average molecular weight is 274 g/mol. The van der Waals surface area contributed by atoms with E-state index in [1.165, 1.54) is 6.42 Å². The second-order valence-electron chi connectivity index (χ2n) is 5.55. The lowest BCUT2D eigenvalue weighted by Crippen LogP contribution is -2.49. The van der Waals surface area contributed by atoms with Crippen LogP contribution in [0, 0.1) is 0 Å². The number of hydrogen-bond donors (Lipinski definition) is 1. The maximum atomic E-state index is 12.8. The summed E-state index contributed by atoms with van der Waals surface area (Å²) in [7, 11) is 0. The molecule has 1 N–H and O–H groups in total. The molecule has 20 heavy (non-hydrogen) atoms. The van der Waals surface area contributed by atoms with Crippen LogP contribution in [0.5, 0.6) is 0 Å². The average Bonchev–Trinajstić information content (AvgIpc) is 2.50. The topological polar surface area (TPSA) is 32.3 Å². The molecular weight excluding hydrogens is 248 g/mol. The molecule has 1 aliphatic rings. The summed E-state index contributed by atoms with van der Waals surface area (Å²) in [6.07, 6.45) is 3.15. The Labute approximate surface area is 122 Å². The Hall–Kier alpha value is -1.35. The molecule has 0 saturated carbocycles. The van der Waals surface area contributed by atoms with E-state index in [2.05, 4.69) is 36.2 Å². The van der Waals surface area contributed by atoms with E-state index in [0.717, 1.165) is 38.0 Å². The Morgan fingerprint density at radius 2 is 2.10 bits per heavy atom. The van der Waals surface area contributed by atoms with Gasteiger partial charge in [0.15, 0.2) is 0 Å². The van der Waals surface area contributed by atoms with E-state index in [9.17, 15) is 4.79 Å². The zero-order chi connectivity index (χ0) is 14.4. The van der Waals surface area contributed by atoms with Crippen LogP contribution >= 0.6 is 0 Å². The molecule has 1 heterocycles. The first-order valence-corrected chi connectivity index (χ1v) is 7.83. The fourth-order valence-corrected chi connectivity index (χ4v) is 3.09. The van der Waals surface area contributed by atoms with Crippen molar-refractivity contribution in [2.24, 2.45) is 0 Å². The quantitative estimate of drug-likeness (QED) is 0.895. The molecule has 2 atom stereocenters. The SMILES string of the molecule is CCNC1CCCN(C(=O)C(CC)c2ccccc2)C1. The lowest BCUT2D eigenvalue weighted by Gasteiger charge is -2.35. The molecule has 1 aromatic carbocycles. The second kappa shape index (κ2) is 7.44. The molecule has 0 aliphatic carbocycles. The standard InChI is InChI=1S/C17H26N2O/c1-3-16(14-9-6-5-7-10-14)17(20)19-12-8-11-15(13-19)18-4-2/h5-7,9-10,15-16,18H,3-4,8,11-13H2,1-2H3. The van der Waals surface area contributed by atoms with E-state index in [4.69, 9.17) is 0 Å². The summed E-state index contributed by atoms with van der Waals surface area (Å²) < 4.78 is 0. The number of rotatable bonds is 5. The van der Waals surface area contributed by atoms with Gasteiger partial charge in [0, 0.05) is 19.1 Å². The lowest BCUT2D eigenvalue weighted by molar-refractivity contribution is -0.134. The van der Waals surface area contributed by atoms with Gasteiger partial charge in [0.2, 0.25) is 5.91 Å². The number of carbonyl (C=O) groups excluding carboxylic acids is 1. The van der Waals surface area contributed by atoms with Gasteiger partial charge >= 0.3 is 0 Å². The minimum absolute atomic E-state index is 0.0107. The van der Waals surface area contributed by atoms with Gasteiger partial charge < -0.3 is 10.2 Å². The van der Waals surface area contributed by atoms with Gasteiger partial charge in [-0.3, -0.25) is 4.79 Å². The van der Waals surface area contributed by atoms with Crippen molar-refractivity contribution in [3.8, 4) is 0 Å². The summed E-state index contributed by atoms with van der Waals surface area (Å²) in [5, 5.41) is 3.47. The molecule has 0 bridgehead atoms. The monoisotopic (exact) mass is 274 g/mol. The van der Waals surface area contributed by atoms with Crippen molar-refractivity contribution in [3.05, 3.63) is 35.9 Å². The summed E-state index contributed by atoms with van der Waals surface area (Å²) in [6.45, 7) is 6.96. The number of likely N-dealkylation sites (tertiary alicyclic amines) is 1. The van der Waals surface area contributed by atoms with Crippen LogP contribution in [0.2, 0.25) is 0 Å². The molecule has 1 aliphatic heterocycles. The number of carbonyl (C=O) groups is 1. The first-order valence-electron chi connectivity index (χ1n) is 7.83. The van der Waals surface area contributed by atoms with Crippen molar-refractivity contribution in [1.82, 2.24) is 10.2 Å². The number of nitrogens with zero attached hydrogens (tertiary/aromatic N) is 1. The maximum absolute atomic E-state index is 12.8. The third-order valence-electron chi connectivity index (χ3n) is 4.13. The van der Waals surface area contributed by atoms with Gasteiger partial charge in [0.1, 0.15) is 0 Å². The summed E-state index contributed by atoms with van der Waals surface area (Å²) >= 11 is 0. The highest BCUT2D eigenvalue weighted by Crippen LogP contribution is 2.24. The fourth-order valence-electron chi connectivity index (χ4n) is 3.09. The third-order valence-corrected chi connectivity index (χ3v) is 4.13. The van der Waals surface area contributed by atoms with Crippen LogP contribution in [0.25, 0.3) is 0 Å². The van der Waals surface area contributed by atoms with E-state index in [-0.39, 0.29) is 5.92 Å². The molecule has 1 amide bonds. The number of nitrogens with one attached hydrogen (secondary N) is 1. The predicted octanol–water partition coefficient (Wildman–Crippen LogP) is 2.78. The van der Waals surface area contributed by atoms with Gasteiger partial charge in [-0.1, -0.05) is 44.2 Å². The Kier molecular flexibility index (Phi) is 5.60. The molecule has 1 saturated heterocycles. The molecule has 1 fully saturated rings. The Bertz CT molecular complexity index is 416. The summed E-state index contributed by atoms with van der Waals surface area (Å²) in [5.74, 6) is 0.304. The van der Waals surface area contributed by atoms with Crippen molar-refractivity contribution in [3.63, 3.8) is 0 Å². The van der Waals surface area contributed by atoms with E-state index in [1.54, 1.807) is 0 Å². The van der Waals surface area contributed by atoms with Gasteiger partial charge in [-0.05, 0) is 31.4 Å². The summed E-state index contributed by atoms with van der Waals surface area (Å²) in [4.78, 5) is 14.8. The Morgan fingerprint density at radius 1 is 1.35 bits per heavy atom. The predicted molar refractivity (Wildman–Crippen MR) is 82.8 cm³/mol. The Morgan fingerprint density at radius 3 is 2.75 bits per heavy atom. The van der Waals surface area contributed by atoms with Crippen molar-refractivity contribution in [2.75, 3.05) is 19.6 Å². The second-order valence-corrected chi connectivity index (χ2v) is 5.55. The van der Waals surface area contributed by atoms with Gasteiger partial charge in [0.05, 0.1) is 5.92 Å². The molecule has 2 rings (SSSR count). The van der Waals surface area contributed by atoms with Crippen LogP contribution in [-0.4, -0.2) is 36.5 Å². The minimum atomic E-state index is 0.0107. The first kappa shape index (κ1) is 15.0. The maximum Gasteiger partial charge on any atom is 0.230 e. The zero-order valence-electron chi connectivity index (χ0n) is 12.6. The third kappa shape index (κ3) is 3.60. The van der Waals surface area contributed by atoms with Gasteiger partial charge in [-0.25, -0.2) is 0 Å². The van der Waals surface area contributed by atoms with Crippen molar-refractivity contribution in [1.29, 1.82) is 0 Å². The van der Waals surface area contributed by atoms with Gasteiger partial charge in [0.25, 0.3) is 0 Å². The van der Waals surface area contributed by atoms with E-state index >= 15 is 0 Å². The van der Waals surface area contributed by atoms with Crippen LogP contribution in [0.15, 0.2) is 30.3 Å². The van der Waals surface area contributed by atoms with Gasteiger partial charge in [-0.2, -0.15) is 0 Å². The van der Waals surface area contributed by atoms with E-state index in [0.29, 0.717) is 11.9 Å². The molecular formula is C17H26N2O. The first-order chi connectivity index (χ1) is 9.76. The molecule has 1 aromatic rings. The number of hydrogen-bond acceptors (Lipinski definition) is 2. The lowest BCUT2D eigenvalue weighted by atomic mass is 9.93. The molecule has 110 valence electrons. The minimum Gasteiger partial charge on any atom is -0.341 e. The number of piperidine rings is 1. The summed E-state index contributed by atoms with van der Waals surface area (Å²) in [5.41, 5.74) is 1.14. The number of benzene rings is 1. The van der Waals surface area contributed by atoms with Gasteiger partial charge in [-0.15, -0.1) is 0 Å². The molecule has 2 unspecified atom stereocenters. The van der Waals surface area contributed by atoms with Crippen LogP contribution in [0.4, 0.5) is 0 Å². The summed E-state index contributed by atoms with van der Waals surface area (Å²) in [6, 6.07) is 10.6. The van der Waals surface area contributed by atoms with Crippen molar-refractivity contribution in [2.45, 2.75) is 45.1 Å².